The first kappa shape index (κ1) is 12.4. The Kier molecular flexibility index (Phi) is 4.66. The maximum Gasteiger partial charge on any atom is 0.00224 e. The van der Waals surface area contributed by atoms with Gasteiger partial charge < -0.3 is 10.2 Å². The normalized spacial score (nSPS) is 36.0. The summed E-state index contributed by atoms with van der Waals surface area (Å²) in [6, 6.07) is 0. The summed E-state index contributed by atoms with van der Waals surface area (Å²) in [4.78, 5) is 2.72. The minimum absolute atomic E-state index is 0.914. The van der Waals surface area contributed by atoms with Crippen LogP contribution in [0, 0.1) is 17.8 Å². The molecule has 1 aliphatic heterocycles. The highest BCUT2D eigenvalue weighted by molar-refractivity contribution is 4.82. The third-order valence-electron chi connectivity index (χ3n) is 4.58. The zero-order chi connectivity index (χ0) is 11.4. The van der Waals surface area contributed by atoms with Gasteiger partial charge in [-0.15, -0.1) is 0 Å². The van der Waals surface area contributed by atoms with Gasteiger partial charge in [0.2, 0.25) is 0 Å². The molecule has 0 radical (unpaired) electrons. The number of hydrogen-bond acceptors (Lipinski definition) is 2. The second-order valence-corrected chi connectivity index (χ2v) is 5.89. The Morgan fingerprint density at radius 3 is 2.81 bits per heavy atom. The van der Waals surface area contributed by atoms with Crippen LogP contribution in [0.3, 0.4) is 0 Å². The van der Waals surface area contributed by atoms with E-state index in [4.69, 9.17) is 0 Å². The first-order valence-electron chi connectivity index (χ1n) is 7.22. The fourth-order valence-corrected chi connectivity index (χ4v) is 3.42. The van der Waals surface area contributed by atoms with Crippen LogP contribution in [0.5, 0.6) is 0 Å². The van der Waals surface area contributed by atoms with Crippen LogP contribution < -0.4 is 5.32 Å². The van der Waals surface area contributed by atoms with E-state index in [1.807, 2.05) is 0 Å². The fourth-order valence-electron chi connectivity index (χ4n) is 3.42. The van der Waals surface area contributed by atoms with Crippen molar-refractivity contribution >= 4 is 0 Å². The Balaban J connectivity index is 1.68. The summed E-state index contributed by atoms with van der Waals surface area (Å²) in [5, 5.41) is 3.49. The van der Waals surface area contributed by atoms with Crippen molar-refractivity contribution in [2.75, 3.05) is 32.7 Å². The smallest absolute Gasteiger partial charge is 0.00224 e. The first-order chi connectivity index (χ1) is 7.79. The Bertz CT molecular complexity index is 205. The quantitative estimate of drug-likeness (QED) is 0.771. The Labute approximate surface area is 101 Å². The molecule has 1 N–H and O–H groups in total. The molecule has 1 saturated heterocycles. The van der Waals surface area contributed by atoms with Gasteiger partial charge in [-0.3, -0.25) is 0 Å². The fraction of sp³-hybridized carbons (Fsp3) is 1.00. The van der Waals surface area contributed by atoms with Crippen molar-refractivity contribution in [1.29, 1.82) is 0 Å². The van der Waals surface area contributed by atoms with Gasteiger partial charge in [0.05, 0.1) is 0 Å². The molecule has 0 aromatic heterocycles. The highest BCUT2D eigenvalue weighted by Crippen LogP contribution is 2.32. The SMILES string of the molecule is CCNCC1CCN(CC2CCCC2C)C1. The summed E-state index contributed by atoms with van der Waals surface area (Å²) in [5.74, 6) is 2.89. The number of likely N-dealkylation sites (tertiary alicyclic amines) is 1. The van der Waals surface area contributed by atoms with Crippen molar-refractivity contribution in [3.8, 4) is 0 Å². The molecule has 2 heteroatoms. The largest absolute Gasteiger partial charge is 0.317 e. The van der Waals surface area contributed by atoms with Crippen LogP contribution in [0.1, 0.15) is 39.5 Å². The van der Waals surface area contributed by atoms with Gasteiger partial charge in [0.1, 0.15) is 0 Å². The molecule has 0 aromatic carbocycles. The van der Waals surface area contributed by atoms with Gasteiger partial charge >= 0.3 is 0 Å². The van der Waals surface area contributed by atoms with Crippen LogP contribution in [0.25, 0.3) is 0 Å². The average molecular weight is 224 g/mol. The van der Waals surface area contributed by atoms with Crippen LogP contribution >= 0.6 is 0 Å². The van der Waals surface area contributed by atoms with Gasteiger partial charge in [0, 0.05) is 13.1 Å². The van der Waals surface area contributed by atoms with Gasteiger partial charge in [0.25, 0.3) is 0 Å². The summed E-state index contributed by atoms with van der Waals surface area (Å²) in [6.45, 7) is 11.1. The van der Waals surface area contributed by atoms with Gasteiger partial charge in [-0.2, -0.15) is 0 Å². The summed E-state index contributed by atoms with van der Waals surface area (Å²) in [6.07, 6.45) is 5.84. The van der Waals surface area contributed by atoms with Crippen molar-refractivity contribution in [1.82, 2.24) is 10.2 Å². The minimum Gasteiger partial charge on any atom is -0.317 e. The molecule has 0 spiro atoms. The molecule has 2 rings (SSSR count). The van der Waals surface area contributed by atoms with Crippen molar-refractivity contribution in [3.63, 3.8) is 0 Å². The number of nitrogens with one attached hydrogen (secondary N) is 1. The molecule has 3 unspecified atom stereocenters. The molecule has 1 aliphatic carbocycles. The lowest BCUT2D eigenvalue weighted by atomic mass is 9.98. The molecule has 1 heterocycles. The van der Waals surface area contributed by atoms with Crippen molar-refractivity contribution in [2.24, 2.45) is 17.8 Å². The highest BCUT2D eigenvalue weighted by atomic mass is 15.2. The molecular formula is C14H28N2. The third-order valence-corrected chi connectivity index (χ3v) is 4.58. The summed E-state index contributed by atoms with van der Waals surface area (Å²) in [7, 11) is 0. The topological polar surface area (TPSA) is 15.3 Å². The van der Waals surface area contributed by atoms with E-state index in [9.17, 15) is 0 Å². The number of nitrogens with zero attached hydrogens (tertiary/aromatic N) is 1. The molecule has 0 bridgehead atoms. The summed E-state index contributed by atoms with van der Waals surface area (Å²) < 4.78 is 0. The van der Waals surface area contributed by atoms with Crippen molar-refractivity contribution in [2.45, 2.75) is 39.5 Å². The van der Waals surface area contributed by atoms with Crippen LogP contribution in [0.2, 0.25) is 0 Å². The lowest BCUT2D eigenvalue weighted by Crippen LogP contribution is -2.30. The number of hydrogen-bond donors (Lipinski definition) is 1. The maximum atomic E-state index is 3.49. The minimum atomic E-state index is 0.914. The second kappa shape index (κ2) is 6.02. The van der Waals surface area contributed by atoms with Crippen LogP contribution in [-0.4, -0.2) is 37.6 Å². The Morgan fingerprint density at radius 2 is 2.12 bits per heavy atom. The van der Waals surface area contributed by atoms with Crippen LogP contribution in [0.4, 0.5) is 0 Å². The molecule has 2 aliphatic rings. The van der Waals surface area contributed by atoms with Gasteiger partial charge in [-0.05, 0) is 50.2 Å². The van der Waals surface area contributed by atoms with E-state index in [0.717, 1.165) is 24.3 Å². The van der Waals surface area contributed by atoms with Gasteiger partial charge in [-0.25, -0.2) is 0 Å². The molecule has 16 heavy (non-hydrogen) atoms. The molecular weight excluding hydrogens is 196 g/mol. The average Bonchev–Trinajstić information content (AvgIpc) is 2.87. The van der Waals surface area contributed by atoms with Crippen LogP contribution in [0.15, 0.2) is 0 Å². The molecule has 94 valence electrons. The predicted octanol–water partition coefficient (Wildman–Crippen LogP) is 2.35. The molecule has 0 amide bonds. The van der Waals surface area contributed by atoms with Gasteiger partial charge in [0.15, 0.2) is 0 Å². The lowest BCUT2D eigenvalue weighted by Gasteiger charge is -2.23. The standard InChI is InChI=1S/C14H28N2/c1-3-15-9-13-7-8-16(10-13)11-14-6-4-5-12(14)2/h12-15H,3-11H2,1-2H3. The Morgan fingerprint density at radius 1 is 1.25 bits per heavy atom. The van der Waals surface area contributed by atoms with Crippen LogP contribution in [-0.2, 0) is 0 Å². The molecule has 0 aromatic rings. The number of rotatable bonds is 5. The summed E-state index contributed by atoms with van der Waals surface area (Å²) in [5.41, 5.74) is 0. The molecule has 3 atom stereocenters. The maximum absolute atomic E-state index is 3.49. The zero-order valence-electron chi connectivity index (χ0n) is 11.0. The van der Waals surface area contributed by atoms with E-state index >= 15 is 0 Å². The summed E-state index contributed by atoms with van der Waals surface area (Å²) >= 11 is 0. The van der Waals surface area contributed by atoms with Crippen molar-refractivity contribution in [3.05, 3.63) is 0 Å². The predicted molar refractivity (Wildman–Crippen MR) is 69.6 cm³/mol. The Hall–Kier alpha value is -0.0800. The molecule has 1 saturated carbocycles. The van der Waals surface area contributed by atoms with E-state index < -0.39 is 0 Å². The van der Waals surface area contributed by atoms with Gasteiger partial charge in [-0.1, -0.05) is 26.7 Å². The van der Waals surface area contributed by atoms with E-state index in [0.29, 0.717) is 0 Å². The monoisotopic (exact) mass is 224 g/mol. The molecule has 2 nitrogen and oxygen atoms in total. The second-order valence-electron chi connectivity index (χ2n) is 5.89. The van der Waals surface area contributed by atoms with E-state index in [1.165, 1.54) is 51.9 Å². The van der Waals surface area contributed by atoms with E-state index in [1.54, 1.807) is 0 Å². The van der Waals surface area contributed by atoms with E-state index in [2.05, 4.69) is 24.1 Å². The third kappa shape index (κ3) is 3.21. The van der Waals surface area contributed by atoms with E-state index in [-0.39, 0.29) is 0 Å². The van der Waals surface area contributed by atoms with Crippen molar-refractivity contribution < 1.29 is 0 Å². The lowest BCUT2D eigenvalue weighted by molar-refractivity contribution is 0.241. The molecule has 2 fully saturated rings. The first-order valence-corrected chi connectivity index (χ1v) is 7.22. The highest BCUT2D eigenvalue weighted by Gasteiger charge is 2.28. The zero-order valence-corrected chi connectivity index (χ0v) is 11.0.